The molecule has 2 aromatic heterocycles. The van der Waals surface area contributed by atoms with E-state index in [1.165, 1.54) is 44.1 Å². The summed E-state index contributed by atoms with van der Waals surface area (Å²) in [5, 5.41) is 2.43. The molecule has 69 heavy (non-hydrogen) atoms. The molecule has 12 rings (SSSR count). The lowest BCUT2D eigenvalue weighted by Gasteiger charge is -2.24. The molecule has 0 aliphatic heterocycles. The summed E-state index contributed by atoms with van der Waals surface area (Å²) >= 11 is 0. The SMILES string of the molecule is CN(c1ccccc1)c1ccccc1-c1ccccc1-c1ccc(-n2c3ccccc3c3ccc(-c4cccc(-c5nc(-c6ccccc6)cc(-c6ccc(-c7ccccc7)cc6)n5)c4)cc32)cc1. The van der Waals surface area contributed by atoms with Gasteiger partial charge in [0.25, 0.3) is 0 Å². The summed E-state index contributed by atoms with van der Waals surface area (Å²) in [6.07, 6.45) is 0. The molecule has 2 heterocycles. The van der Waals surface area contributed by atoms with Gasteiger partial charge in [0.2, 0.25) is 0 Å². The maximum Gasteiger partial charge on any atom is 0.160 e. The molecule has 0 atom stereocenters. The molecule has 0 aliphatic carbocycles. The molecule has 4 nitrogen and oxygen atoms in total. The summed E-state index contributed by atoms with van der Waals surface area (Å²) < 4.78 is 2.40. The molecule has 0 saturated carbocycles. The van der Waals surface area contributed by atoms with E-state index in [1.54, 1.807) is 0 Å². The average Bonchev–Trinajstić information content (AvgIpc) is 3.77. The van der Waals surface area contributed by atoms with Crippen LogP contribution in [0.1, 0.15) is 0 Å². The summed E-state index contributed by atoms with van der Waals surface area (Å²) in [7, 11) is 2.14. The minimum absolute atomic E-state index is 0.684. The van der Waals surface area contributed by atoms with Gasteiger partial charge in [-0.1, -0.05) is 206 Å². The van der Waals surface area contributed by atoms with Gasteiger partial charge in [-0.05, 0) is 93.5 Å². The fourth-order valence-electron chi connectivity index (χ4n) is 9.76. The standard InChI is InChI=1S/C65H46N4/c1-68(53-24-9-4-10-25-53)62-30-15-13-28-57(62)56-27-12-11-26-55(56)47-36-39-54(40-37-47)69-63-31-16-14-29-58(63)59-41-38-51(43-64(59)69)50-22-17-23-52(42-50)65-66-60(48-20-7-3-8-21-48)44-61(67-65)49-34-32-46(33-35-49)45-18-5-2-6-19-45/h2-44H,1H3. The van der Waals surface area contributed by atoms with Gasteiger partial charge >= 0.3 is 0 Å². The Balaban J connectivity index is 0.913. The van der Waals surface area contributed by atoms with E-state index in [0.29, 0.717) is 5.82 Å². The van der Waals surface area contributed by atoms with Crippen LogP contribution in [0.5, 0.6) is 0 Å². The predicted octanol–water partition coefficient (Wildman–Crippen LogP) is 17.0. The lowest BCUT2D eigenvalue weighted by Crippen LogP contribution is -2.10. The summed E-state index contributed by atoms with van der Waals surface area (Å²) in [5.74, 6) is 0.684. The van der Waals surface area contributed by atoms with Gasteiger partial charge in [0, 0.05) is 57.1 Å². The molecule has 0 aliphatic rings. The Morgan fingerprint density at radius 3 is 1.55 bits per heavy atom. The van der Waals surface area contributed by atoms with Crippen molar-refractivity contribution in [3.63, 3.8) is 0 Å². The molecule has 0 amide bonds. The van der Waals surface area contributed by atoms with Crippen LogP contribution in [0.25, 0.3) is 106 Å². The zero-order valence-electron chi connectivity index (χ0n) is 38.1. The van der Waals surface area contributed by atoms with E-state index >= 15 is 0 Å². The number of hydrogen-bond donors (Lipinski definition) is 0. The second-order valence-corrected chi connectivity index (χ2v) is 17.4. The highest BCUT2D eigenvalue weighted by Crippen LogP contribution is 2.41. The smallest absolute Gasteiger partial charge is 0.160 e. The third-order valence-electron chi connectivity index (χ3n) is 13.3. The zero-order chi connectivity index (χ0) is 46.1. The summed E-state index contributed by atoms with van der Waals surface area (Å²) in [5.41, 5.74) is 19.8. The first-order valence-corrected chi connectivity index (χ1v) is 23.5. The molecule has 326 valence electrons. The highest BCUT2D eigenvalue weighted by atomic mass is 15.1. The first-order chi connectivity index (χ1) is 34.1. The van der Waals surface area contributed by atoms with Crippen molar-refractivity contribution in [3.8, 4) is 84.1 Å². The summed E-state index contributed by atoms with van der Waals surface area (Å²) in [6.45, 7) is 0. The topological polar surface area (TPSA) is 34.0 Å². The number of para-hydroxylation sites is 3. The highest BCUT2D eigenvalue weighted by molar-refractivity contribution is 6.10. The lowest BCUT2D eigenvalue weighted by atomic mass is 9.93. The molecular formula is C65H46N4. The fourth-order valence-corrected chi connectivity index (χ4v) is 9.76. The Labute approximate surface area is 402 Å². The van der Waals surface area contributed by atoms with Crippen molar-refractivity contribution in [3.05, 3.63) is 261 Å². The van der Waals surface area contributed by atoms with Crippen LogP contribution in [-0.2, 0) is 0 Å². The van der Waals surface area contributed by atoms with Crippen LogP contribution in [0.15, 0.2) is 261 Å². The molecule has 0 fully saturated rings. The van der Waals surface area contributed by atoms with Crippen molar-refractivity contribution < 1.29 is 0 Å². The predicted molar refractivity (Wildman–Crippen MR) is 289 cm³/mol. The first kappa shape index (κ1) is 41.3. The number of hydrogen-bond acceptors (Lipinski definition) is 3. The van der Waals surface area contributed by atoms with E-state index < -0.39 is 0 Å². The maximum absolute atomic E-state index is 5.23. The Morgan fingerprint density at radius 1 is 0.319 bits per heavy atom. The van der Waals surface area contributed by atoms with Gasteiger partial charge in [-0.2, -0.15) is 0 Å². The Morgan fingerprint density at radius 2 is 0.812 bits per heavy atom. The van der Waals surface area contributed by atoms with Gasteiger partial charge in [-0.3, -0.25) is 0 Å². The highest BCUT2D eigenvalue weighted by Gasteiger charge is 2.18. The molecule has 4 heteroatoms. The van der Waals surface area contributed by atoms with Gasteiger partial charge in [0.05, 0.1) is 22.4 Å². The number of aromatic nitrogens is 3. The van der Waals surface area contributed by atoms with Crippen LogP contribution >= 0.6 is 0 Å². The van der Waals surface area contributed by atoms with Crippen molar-refractivity contribution in [1.82, 2.24) is 14.5 Å². The Hall–Kier alpha value is -9.12. The van der Waals surface area contributed by atoms with Gasteiger partial charge < -0.3 is 9.47 Å². The van der Waals surface area contributed by atoms with Crippen molar-refractivity contribution in [1.29, 1.82) is 0 Å². The second kappa shape index (κ2) is 17.9. The third-order valence-corrected chi connectivity index (χ3v) is 13.3. The molecule has 0 saturated heterocycles. The minimum Gasteiger partial charge on any atom is -0.344 e. The van der Waals surface area contributed by atoms with Crippen molar-refractivity contribution >= 4 is 33.2 Å². The minimum atomic E-state index is 0.684. The second-order valence-electron chi connectivity index (χ2n) is 17.4. The number of anilines is 2. The van der Waals surface area contributed by atoms with Crippen LogP contribution in [0.4, 0.5) is 11.4 Å². The number of nitrogens with zero attached hydrogens (tertiary/aromatic N) is 4. The van der Waals surface area contributed by atoms with Crippen LogP contribution in [0, 0.1) is 0 Å². The molecule has 10 aromatic carbocycles. The molecule has 0 unspecified atom stereocenters. The zero-order valence-corrected chi connectivity index (χ0v) is 38.1. The summed E-state index contributed by atoms with van der Waals surface area (Å²) in [4.78, 5) is 12.7. The van der Waals surface area contributed by atoms with E-state index in [4.69, 9.17) is 9.97 Å². The van der Waals surface area contributed by atoms with Crippen molar-refractivity contribution in [2.45, 2.75) is 0 Å². The van der Waals surface area contributed by atoms with Gasteiger partial charge in [-0.25, -0.2) is 9.97 Å². The maximum atomic E-state index is 5.23. The van der Waals surface area contributed by atoms with Crippen LogP contribution < -0.4 is 4.90 Å². The number of benzene rings is 10. The molecule has 0 radical (unpaired) electrons. The van der Waals surface area contributed by atoms with Crippen LogP contribution in [0.3, 0.4) is 0 Å². The number of fused-ring (bicyclic) bond motifs is 3. The number of rotatable bonds is 10. The average molecular weight is 883 g/mol. The lowest BCUT2D eigenvalue weighted by molar-refractivity contribution is 1.18. The molecule has 0 bridgehead atoms. The van der Waals surface area contributed by atoms with Gasteiger partial charge in [-0.15, -0.1) is 0 Å². The largest absolute Gasteiger partial charge is 0.344 e. The fraction of sp³-hybridized carbons (Fsp3) is 0.0154. The van der Waals surface area contributed by atoms with E-state index in [2.05, 4.69) is 265 Å². The molecule has 0 spiro atoms. The molecule has 0 N–H and O–H groups in total. The van der Waals surface area contributed by atoms with E-state index in [1.807, 2.05) is 12.1 Å². The van der Waals surface area contributed by atoms with Crippen molar-refractivity contribution in [2.24, 2.45) is 0 Å². The third kappa shape index (κ3) is 7.94. The van der Waals surface area contributed by atoms with Gasteiger partial charge in [0.1, 0.15) is 0 Å². The van der Waals surface area contributed by atoms with Crippen LogP contribution in [-0.4, -0.2) is 21.6 Å². The van der Waals surface area contributed by atoms with E-state index in [9.17, 15) is 0 Å². The van der Waals surface area contributed by atoms with E-state index in [-0.39, 0.29) is 0 Å². The normalized spacial score (nSPS) is 11.3. The first-order valence-electron chi connectivity index (χ1n) is 23.5. The summed E-state index contributed by atoms with van der Waals surface area (Å²) in [6, 6.07) is 92.8. The quantitative estimate of drug-likeness (QED) is 0.137. The van der Waals surface area contributed by atoms with Crippen LogP contribution in [0.2, 0.25) is 0 Å². The monoisotopic (exact) mass is 882 g/mol. The Kier molecular flexibility index (Phi) is 10.7. The Bertz CT molecular complexity index is 3770. The van der Waals surface area contributed by atoms with Gasteiger partial charge in [0.15, 0.2) is 5.82 Å². The molecular weight excluding hydrogens is 837 g/mol. The molecule has 12 aromatic rings. The van der Waals surface area contributed by atoms with Crippen molar-refractivity contribution in [2.75, 3.05) is 11.9 Å². The van der Waals surface area contributed by atoms with E-state index in [0.717, 1.165) is 67.3 Å².